The number of phenols is 3. The van der Waals surface area contributed by atoms with Crippen molar-refractivity contribution in [1.29, 1.82) is 0 Å². The highest BCUT2D eigenvalue weighted by Gasteiger charge is 2.19. The van der Waals surface area contributed by atoms with E-state index < -0.39 is 17.9 Å². The van der Waals surface area contributed by atoms with Gasteiger partial charge in [0.15, 0.2) is 22.8 Å². The third kappa shape index (κ3) is 4.86. The molecule has 34 heavy (non-hydrogen) atoms. The fraction of sp³-hybridized carbons (Fsp3) is 0.0769. The molecule has 0 aliphatic rings. The van der Waals surface area contributed by atoms with Crippen LogP contribution in [0.1, 0.15) is 11.1 Å². The van der Waals surface area contributed by atoms with E-state index in [4.69, 9.17) is 4.42 Å². The average molecular weight is 459 g/mol. The molecule has 0 fully saturated rings. The summed E-state index contributed by atoms with van der Waals surface area (Å²) in [5.41, 5.74) is 1.99. The van der Waals surface area contributed by atoms with Crippen LogP contribution in [0.2, 0.25) is 0 Å². The number of carbonyl (C=O) groups is 2. The van der Waals surface area contributed by atoms with Gasteiger partial charge >= 0.3 is 5.97 Å². The molecule has 0 aliphatic carbocycles. The van der Waals surface area contributed by atoms with Crippen LogP contribution in [0.25, 0.3) is 28.4 Å². The van der Waals surface area contributed by atoms with Crippen molar-refractivity contribution in [3.8, 4) is 28.6 Å². The van der Waals surface area contributed by atoms with Gasteiger partial charge in [-0.15, -0.1) is 0 Å². The summed E-state index contributed by atoms with van der Waals surface area (Å²) < 4.78 is 5.73. The molecule has 1 amide bonds. The van der Waals surface area contributed by atoms with Gasteiger partial charge in [0.2, 0.25) is 5.91 Å². The van der Waals surface area contributed by atoms with Crippen LogP contribution in [-0.4, -0.2) is 38.3 Å². The van der Waals surface area contributed by atoms with Crippen molar-refractivity contribution in [1.82, 2.24) is 5.32 Å². The Balaban J connectivity index is 1.57. The third-order valence-corrected chi connectivity index (χ3v) is 5.27. The zero-order valence-electron chi connectivity index (χ0n) is 17.8. The molecule has 1 aromatic heterocycles. The van der Waals surface area contributed by atoms with Crippen molar-refractivity contribution in [3.05, 3.63) is 83.9 Å². The number of carbonyl (C=O) groups excluding carboxylic acids is 1. The van der Waals surface area contributed by atoms with Crippen LogP contribution in [0, 0.1) is 0 Å². The van der Waals surface area contributed by atoms with Gasteiger partial charge in [0, 0.05) is 23.4 Å². The van der Waals surface area contributed by atoms with Gasteiger partial charge in [0.05, 0.1) is 0 Å². The molecule has 1 unspecified atom stereocenters. The lowest BCUT2D eigenvalue weighted by atomic mass is 10.1. The second-order valence-electron chi connectivity index (χ2n) is 7.65. The Kier molecular flexibility index (Phi) is 6.22. The fourth-order valence-electron chi connectivity index (χ4n) is 3.53. The molecule has 4 aromatic rings. The number of phenolic OH excluding ortho intramolecular Hbond substituents is 3. The van der Waals surface area contributed by atoms with Crippen LogP contribution in [-0.2, 0) is 16.0 Å². The number of carboxylic acids is 1. The Bertz CT molecular complexity index is 1390. The summed E-state index contributed by atoms with van der Waals surface area (Å²) in [6, 6.07) is 16.7. The molecule has 8 nitrogen and oxygen atoms in total. The first kappa shape index (κ1) is 22.5. The standard InChI is InChI=1S/C26H21NO7/c28-20-9-7-17(13-22(20)30)23-14-18-16(6-10-21(29)25(18)34-23)8-11-24(31)27-19(26(32)33)12-15-4-2-1-3-5-15/h1-11,13-14,19,28-30H,12H2,(H,27,31)(H,32,33)/b11-8+. The largest absolute Gasteiger partial charge is 0.504 e. The maximum absolute atomic E-state index is 12.4. The van der Waals surface area contributed by atoms with E-state index in [-0.39, 0.29) is 29.3 Å². The van der Waals surface area contributed by atoms with Crippen molar-refractivity contribution in [2.75, 3.05) is 0 Å². The Morgan fingerprint density at radius 3 is 2.35 bits per heavy atom. The van der Waals surface area contributed by atoms with E-state index in [1.807, 2.05) is 6.07 Å². The normalized spacial score (nSPS) is 12.1. The molecule has 3 aromatic carbocycles. The average Bonchev–Trinajstić information content (AvgIpc) is 3.27. The van der Waals surface area contributed by atoms with Gasteiger partial charge in [-0.2, -0.15) is 0 Å². The SMILES string of the molecule is O=C(/C=C/c1ccc(O)c2oc(-c3ccc(O)c(O)c3)cc12)NC(Cc1ccccc1)C(=O)O. The van der Waals surface area contributed by atoms with Crippen LogP contribution in [0.4, 0.5) is 0 Å². The van der Waals surface area contributed by atoms with Crippen molar-refractivity contribution in [2.45, 2.75) is 12.5 Å². The van der Waals surface area contributed by atoms with Crippen LogP contribution in [0.3, 0.4) is 0 Å². The van der Waals surface area contributed by atoms with Crippen molar-refractivity contribution in [2.24, 2.45) is 0 Å². The van der Waals surface area contributed by atoms with Crippen LogP contribution in [0.5, 0.6) is 17.2 Å². The zero-order valence-corrected chi connectivity index (χ0v) is 17.8. The summed E-state index contributed by atoms with van der Waals surface area (Å²) in [6.45, 7) is 0. The number of furan rings is 1. The number of fused-ring (bicyclic) bond motifs is 1. The number of carboxylic acid groups (broad SMARTS) is 1. The predicted molar refractivity (Wildman–Crippen MR) is 125 cm³/mol. The summed E-state index contributed by atoms with van der Waals surface area (Å²) in [5.74, 6) is -2.10. The second kappa shape index (κ2) is 9.41. The van der Waals surface area contributed by atoms with Gasteiger partial charge in [-0.1, -0.05) is 36.4 Å². The fourth-order valence-corrected chi connectivity index (χ4v) is 3.53. The molecule has 1 heterocycles. The topological polar surface area (TPSA) is 140 Å². The molecule has 0 aliphatic heterocycles. The first-order valence-corrected chi connectivity index (χ1v) is 10.3. The number of hydrogen-bond acceptors (Lipinski definition) is 6. The summed E-state index contributed by atoms with van der Waals surface area (Å²) in [6.07, 6.45) is 2.85. The molecule has 0 saturated heterocycles. The van der Waals surface area contributed by atoms with E-state index in [9.17, 15) is 30.0 Å². The third-order valence-electron chi connectivity index (χ3n) is 5.27. The predicted octanol–water partition coefficient (Wildman–Crippen LogP) is 4.04. The van der Waals surface area contributed by atoms with E-state index in [0.717, 1.165) is 5.56 Å². The van der Waals surface area contributed by atoms with Gasteiger partial charge in [0.25, 0.3) is 0 Å². The van der Waals surface area contributed by atoms with Gasteiger partial charge in [0.1, 0.15) is 11.8 Å². The Labute approximate surface area is 194 Å². The molecule has 0 radical (unpaired) electrons. The minimum absolute atomic E-state index is 0.111. The number of benzene rings is 3. The van der Waals surface area contributed by atoms with Crippen LogP contribution in [0.15, 0.2) is 77.2 Å². The van der Waals surface area contributed by atoms with E-state index in [1.165, 1.54) is 30.4 Å². The molecule has 0 saturated carbocycles. The van der Waals surface area contributed by atoms with Crippen LogP contribution < -0.4 is 5.32 Å². The molecule has 5 N–H and O–H groups in total. The highest BCUT2D eigenvalue weighted by molar-refractivity contribution is 5.99. The highest BCUT2D eigenvalue weighted by atomic mass is 16.4. The van der Waals surface area contributed by atoms with Gasteiger partial charge in [-0.3, -0.25) is 4.79 Å². The summed E-state index contributed by atoms with van der Waals surface area (Å²) in [5, 5.41) is 41.9. The minimum atomic E-state index is -1.14. The van der Waals surface area contributed by atoms with E-state index in [2.05, 4.69) is 5.32 Å². The lowest BCUT2D eigenvalue weighted by Gasteiger charge is -2.13. The molecule has 0 bridgehead atoms. The summed E-state index contributed by atoms with van der Waals surface area (Å²) >= 11 is 0. The van der Waals surface area contributed by atoms with Gasteiger partial charge in [-0.25, -0.2) is 4.79 Å². The number of rotatable bonds is 7. The smallest absolute Gasteiger partial charge is 0.326 e. The van der Waals surface area contributed by atoms with Crippen LogP contribution >= 0.6 is 0 Å². The van der Waals surface area contributed by atoms with E-state index in [0.29, 0.717) is 22.3 Å². The highest BCUT2D eigenvalue weighted by Crippen LogP contribution is 2.37. The number of aromatic hydroxyl groups is 3. The first-order chi connectivity index (χ1) is 16.3. The summed E-state index contributed by atoms with van der Waals surface area (Å²) in [7, 11) is 0. The summed E-state index contributed by atoms with van der Waals surface area (Å²) in [4.78, 5) is 24.0. The molecule has 0 spiro atoms. The Hall–Kier alpha value is -4.72. The van der Waals surface area contributed by atoms with Crippen molar-refractivity contribution >= 4 is 28.9 Å². The lowest BCUT2D eigenvalue weighted by molar-refractivity contribution is -0.141. The molecular formula is C26H21NO7. The molecular weight excluding hydrogens is 438 g/mol. The monoisotopic (exact) mass is 459 g/mol. The minimum Gasteiger partial charge on any atom is -0.504 e. The van der Waals surface area contributed by atoms with Crippen molar-refractivity contribution in [3.63, 3.8) is 0 Å². The molecule has 1 atom stereocenters. The quantitative estimate of drug-likeness (QED) is 0.207. The number of hydrogen-bond donors (Lipinski definition) is 5. The molecule has 8 heteroatoms. The van der Waals surface area contributed by atoms with Gasteiger partial charge in [-0.05, 0) is 47.5 Å². The Morgan fingerprint density at radius 2 is 1.65 bits per heavy atom. The second-order valence-corrected chi connectivity index (χ2v) is 7.65. The van der Waals surface area contributed by atoms with Gasteiger partial charge < -0.3 is 30.2 Å². The molecule has 4 rings (SSSR count). The number of nitrogens with one attached hydrogen (secondary N) is 1. The maximum Gasteiger partial charge on any atom is 0.326 e. The number of amides is 1. The van der Waals surface area contributed by atoms with Crippen molar-refractivity contribution < 1.29 is 34.4 Å². The maximum atomic E-state index is 12.4. The zero-order chi connectivity index (χ0) is 24.2. The lowest BCUT2D eigenvalue weighted by Crippen LogP contribution is -2.41. The van der Waals surface area contributed by atoms with E-state index in [1.54, 1.807) is 42.5 Å². The molecule has 172 valence electrons. The Morgan fingerprint density at radius 1 is 0.912 bits per heavy atom. The number of aliphatic carboxylic acids is 1. The first-order valence-electron chi connectivity index (χ1n) is 10.3. The van der Waals surface area contributed by atoms with E-state index >= 15 is 0 Å².